The van der Waals surface area contributed by atoms with Gasteiger partial charge in [0.05, 0.1) is 12.2 Å². The smallest absolute Gasteiger partial charge is 0.383 e. The Morgan fingerprint density at radius 3 is 2.17 bits per heavy atom. The van der Waals surface area contributed by atoms with Crippen molar-refractivity contribution in [1.82, 2.24) is 9.80 Å². The van der Waals surface area contributed by atoms with Crippen molar-refractivity contribution in [3.63, 3.8) is 0 Å². The normalized spacial score (nSPS) is 22.7. The molecule has 1 fully saturated rings. The molecule has 1 aliphatic rings. The molecule has 2 atom stereocenters. The van der Waals surface area contributed by atoms with Crippen molar-refractivity contribution in [2.45, 2.75) is 32.1 Å². The van der Waals surface area contributed by atoms with Crippen LogP contribution in [0.4, 0.5) is 13.2 Å². The minimum absolute atomic E-state index is 0.169. The predicted octanol–water partition coefficient (Wildman–Crippen LogP) is 2.89. The third-order valence-electron chi connectivity index (χ3n) is 4.40. The molecule has 0 bridgehead atoms. The molecule has 0 saturated carbocycles. The first-order valence-electron chi connectivity index (χ1n) is 7.95. The highest BCUT2D eigenvalue weighted by Crippen LogP contribution is 2.29. The third kappa shape index (κ3) is 4.27. The van der Waals surface area contributed by atoms with Crippen LogP contribution in [0.2, 0.25) is 0 Å². The third-order valence-corrected chi connectivity index (χ3v) is 4.40. The van der Waals surface area contributed by atoms with E-state index in [1.165, 1.54) is 12.1 Å². The zero-order valence-electron chi connectivity index (χ0n) is 14.1. The van der Waals surface area contributed by atoms with Crippen LogP contribution in [0.1, 0.15) is 29.8 Å². The Balaban J connectivity index is 2.05. The fourth-order valence-corrected chi connectivity index (χ4v) is 3.14. The van der Waals surface area contributed by atoms with Crippen molar-refractivity contribution in [3.8, 4) is 0 Å². The maximum absolute atomic E-state index is 12.6. The number of carbonyl (C=O) groups is 1. The fraction of sp³-hybridized carbons (Fsp3) is 0.588. The van der Waals surface area contributed by atoms with Gasteiger partial charge in [0.15, 0.2) is 0 Å². The molecule has 1 aromatic rings. The van der Waals surface area contributed by atoms with Crippen molar-refractivity contribution in [2.75, 3.05) is 33.4 Å². The van der Waals surface area contributed by atoms with E-state index in [2.05, 4.69) is 4.90 Å². The number of carbonyl (C=O) groups excluding carboxylic acids is 1. The van der Waals surface area contributed by atoms with Crippen molar-refractivity contribution in [3.05, 3.63) is 35.4 Å². The molecule has 0 radical (unpaired) electrons. The van der Waals surface area contributed by atoms with Gasteiger partial charge in [-0.3, -0.25) is 9.69 Å². The number of methoxy groups -OCH3 is 1. The topological polar surface area (TPSA) is 32.8 Å². The number of halogens is 3. The van der Waals surface area contributed by atoms with Crippen LogP contribution in [0.25, 0.3) is 0 Å². The SMILES string of the molecule is COCCN1C(C)CN(C(=O)c2ccc(C(F)(F)F)cc2)CC1C. The summed E-state index contributed by atoms with van der Waals surface area (Å²) in [5.74, 6) is -0.228. The standard InChI is InChI=1S/C17H23F3N2O2/c1-12-10-21(11-13(2)22(12)8-9-24-3)16(23)14-4-6-15(7-5-14)17(18,19)20/h4-7,12-13H,8-11H2,1-3H3. The van der Waals surface area contributed by atoms with Crippen molar-refractivity contribution in [2.24, 2.45) is 0 Å². The lowest BCUT2D eigenvalue weighted by molar-refractivity contribution is -0.137. The summed E-state index contributed by atoms with van der Waals surface area (Å²) in [4.78, 5) is 16.6. The van der Waals surface area contributed by atoms with Crippen LogP contribution in [0.15, 0.2) is 24.3 Å². The van der Waals surface area contributed by atoms with E-state index in [-0.39, 0.29) is 23.6 Å². The van der Waals surface area contributed by atoms with Gasteiger partial charge in [-0.05, 0) is 38.1 Å². The molecule has 1 saturated heterocycles. The molecule has 1 amide bonds. The Morgan fingerprint density at radius 2 is 1.71 bits per heavy atom. The molecule has 1 aromatic carbocycles. The number of amides is 1. The number of rotatable bonds is 4. The number of nitrogens with zero attached hydrogens (tertiary/aromatic N) is 2. The molecule has 2 rings (SSSR count). The van der Waals surface area contributed by atoms with Crippen molar-refractivity contribution in [1.29, 1.82) is 0 Å². The van der Waals surface area contributed by atoms with Crippen LogP contribution in [0, 0.1) is 0 Å². The first-order chi connectivity index (χ1) is 11.2. The zero-order chi connectivity index (χ0) is 17.9. The van der Waals surface area contributed by atoms with Gasteiger partial charge in [-0.2, -0.15) is 13.2 Å². The number of hydrogen-bond acceptors (Lipinski definition) is 3. The number of alkyl halides is 3. The van der Waals surface area contributed by atoms with E-state index in [1.54, 1.807) is 12.0 Å². The van der Waals surface area contributed by atoms with Gasteiger partial charge < -0.3 is 9.64 Å². The largest absolute Gasteiger partial charge is 0.416 e. The molecule has 4 nitrogen and oxygen atoms in total. The molecule has 1 aliphatic heterocycles. The van der Waals surface area contributed by atoms with Gasteiger partial charge in [0, 0.05) is 44.4 Å². The van der Waals surface area contributed by atoms with Gasteiger partial charge >= 0.3 is 6.18 Å². The van der Waals surface area contributed by atoms with Crippen LogP contribution < -0.4 is 0 Å². The minimum Gasteiger partial charge on any atom is -0.383 e. The van der Waals surface area contributed by atoms with E-state index in [0.717, 1.165) is 18.7 Å². The van der Waals surface area contributed by atoms with Gasteiger partial charge in [-0.1, -0.05) is 0 Å². The summed E-state index contributed by atoms with van der Waals surface area (Å²) >= 11 is 0. The molecule has 0 aromatic heterocycles. The molecule has 0 N–H and O–H groups in total. The summed E-state index contributed by atoms with van der Waals surface area (Å²) in [5.41, 5.74) is -0.460. The summed E-state index contributed by atoms with van der Waals surface area (Å²) in [7, 11) is 1.65. The average Bonchev–Trinajstić information content (AvgIpc) is 2.52. The van der Waals surface area contributed by atoms with E-state index in [1.807, 2.05) is 13.8 Å². The Labute approximate surface area is 140 Å². The minimum atomic E-state index is -4.39. The molecule has 0 aliphatic carbocycles. The Hall–Kier alpha value is -1.60. The summed E-state index contributed by atoms with van der Waals surface area (Å²) < 4.78 is 42.9. The lowest BCUT2D eigenvalue weighted by atomic mass is 10.1. The fourth-order valence-electron chi connectivity index (χ4n) is 3.14. The Morgan fingerprint density at radius 1 is 1.17 bits per heavy atom. The summed E-state index contributed by atoms with van der Waals surface area (Å²) in [6.07, 6.45) is -4.39. The Bertz CT molecular complexity index is 548. The maximum atomic E-state index is 12.6. The second kappa shape index (κ2) is 7.53. The molecule has 24 heavy (non-hydrogen) atoms. The second-order valence-corrected chi connectivity index (χ2v) is 6.21. The van der Waals surface area contributed by atoms with Crippen molar-refractivity contribution >= 4 is 5.91 Å². The summed E-state index contributed by atoms with van der Waals surface area (Å²) in [5, 5.41) is 0. The monoisotopic (exact) mass is 344 g/mol. The molecule has 2 unspecified atom stereocenters. The van der Waals surface area contributed by atoms with Gasteiger partial charge in [0.1, 0.15) is 0 Å². The molecule has 134 valence electrons. The van der Waals surface area contributed by atoms with Crippen molar-refractivity contribution < 1.29 is 22.7 Å². The number of benzene rings is 1. The first kappa shape index (κ1) is 18.7. The molecule has 1 heterocycles. The van der Waals surface area contributed by atoms with Gasteiger partial charge in [-0.15, -0.1) is 0 Å². The highest BCUT2D eigenvalue weighted by atomic mass is 19.4. The molecular weight excluding hydrogens is 321 g/mol. The van der Waals surface area contributed by atoms with Crippen LogP contribution in [-0.2, 0) is 10.9 Å². The van der Waals surface area contributed by atoms with Crippen LogP contribution in [0.3, 0.4) is 0 Å². The van der Waals surface area contributed by atoms with Gasteiger partial charge in [0.2, 0.25) is 0 Å². The highest BCUT2D eigenvalue weighted by molar-refractivity contribution is 5.94. The summed E-state index contributed by atoms with van der Waals surface area (Å²) in [6.45, 7) is 6.60. The lowest BCUT2D eigenvalue weighted by Crippen LogP contribution is -2.58. The first-order valence-corrected chi connectivity index (χ1v) is 7.95. The molecule has 7 heteroatoms. The maximum Gasteiger partial charge on any atom is 0.416 e. The summed E-state index contributed by atoms with van der Waals surface area (Å²) in [6, 6.07) is 4.74. The van der Waals surface area contributed by atoms with E-state index in [4.69, 9.17) is 4.74 Å². The van der Waals surface area contributed by atoms with E-state index in [9.17, 15) is 18.0 Å². The lowest BCUT2D eigenvalue weighted by Gasteiger charge is -2.44. The van der Waals surface area contributed by atoms with Gasteiger partial charge in [0.25, 0.3) is 5.91 Å². The van der Waals surface area contributed by atoms with E-state index >= 15 is 0 Å². The quantitative estimate of drug-likeness (QED) is 0.842. The van der Waals surface area contributed by atoms with Gasteiger partial charge in [-0.25, -0.2) is 0 Å². The van der Waals surface area contributed by atoms with Crippen LogP contribution in [-0.4, -0.2) is 61.1 Å². The number of piperazine rings is 1. The average molecular weight is 344 g/mol. The van der Waals surface area contributed by atoms with E-state index in [0.29, 0.717) is 19.7 Å². The molecule has 0 spiro atoms. The highest BCUT2D eigenvalue weighted by Gasteiger charge is 2.33. The number of ether oxygens (including phenoxy) is 1. The molecular formula is C17H23F3N2O2. The zero-order valence-corrected chi connectivity index (χ0v) is 14.1. The number of hydrogen-bond donors (Lipinski definition) is 0. The predicted molar refractivity (Wildman–Crippen MR) is 84.9 cm³/mol. The van der Waals surface area contributed by atoms with E-state index < -0.39 is 11.7 Å². The second-order valence-electron chi connectivity index (χ2n) is 6.21. The van der Waals surface area contributed by atoms with Crippen LogP contribution >= 0.6 is 0 Å². The van der Waals surface area contributed by atoms with Crippen LogP contribution in [0.5, 0.6) is 0 Å². The Kier molecular flexibility index (Phi) is 5.87.